The van der Waals surface area contributed by atoms with Gasteiger partial charge in [0.05, 0.1) is 14.2 Å². The minimum Gasteiger partial charge on any atom is -0.497 e. The standard InChI is InChI=1S/C18H18ClNO5/c1-24-14-8-6-11(7-9-14)16(21)15(18(23)25-2)20-17(22)12-4-3-5-13(19)10-12/h3-10,15-16,21H,1-2H3,(H,20,22). The second-order valence-corrected chi connectivity index (χ2v) is 5.64. The van der Waals surface area contributed by atoms with Gasteiger partial charge in [0.1, 0.15) is 11.9 Å². The molecule has 2 rings (SSSR count). The maximum atomic E-state index is 12.4. The number of hydrogen-bond acceptors (Lipinski definition) is 5. The highest BCUT2D eigenvalue weighted by atomic mass is 35.5. The third-order valence-electron chi connectivity index (χ3n) is 3.60. The van der Waals surface area contributed by atoms with Crippen LogP contribution in [0, 0.1) is 0 Å². The summed E-state index contributed by atoms with van der Waals surface area (Å²) in [7, 11) is 2.70. The van der Waals surface area contributed by atoms with Crippen molar-refractivity contribution in [2.75, 3.05) is 14.2 Å². The van der Waals surface area contributed by atoms with Crippen LogP contribution in [-0.4, -0.2) is 37.2 Å². The number of rotatable bonds is 6. The average molecular weight is 364 g/mol. The molecule has 0 saturated heterocycles. The van der Waals surface area contributed by atoms with Crippen LogP contribution in [0.5, 0.6) is 5.75 Å². The third-order valence-corrected chi connectivity index (χ3v) is 3.84. The molecule has 2 N–H and O–H groups in total. The van der Waals surface area contributed by atoms with Crippen molar-refractivity contribution in [3.63, 3.8) is 0 Å². The van der Waals surface area contributed by atoms with E-state index in [4.69, 9.17) is 21.1 Å². The largest absolute Gasteiger partial charge is 0.497 e. The first-order valence-electron chi connectivity index (χ1n) is 7.42. The quantitative estimate of drug-likeness (QED) is 0.769. The Kier molecular flexibility index (Phi) is 6.38. The number of aliphatic hydroxyl groups is 1. The average Bonchev–Trinajstić information content (AvgIpc) is 2.64. The minimum atomic E-state index is -1.29. The molecule has 0 radical (unpaired) electrons. The van der Waals surface area contributed by atoms with Crippen molar-refractivity contribution in [2.45, 2.75) is 12.1 Å². The molecular weight excluding hydrogens is 346 g/mol. The van der Waals surface area contributed by atoms with Crippen molar-refractivity contribution >= 4 is 23.5 Å². The maximum absolute atomic E-state index is 12.4. The monoisotopic (exact) mass is 363 g/mol. The molecule has 25 heavy (non-hydrogen) atoms. The lowest BCUT2D eigenvalue weighted by Crippen LogP contribution is -2.45. The molecule has 2 atom stereocenters. The molecule has 7 heteroatoms. The van der Waals surface area contributed by atoms with Gasteiger partial charge in [0, 0.05) is 10.6 Å². The molecule has 2 unspecified atom stereocenters. The predicted molar refractivity (Wildman–Crippen MR) is 92.7 cm³/mol. The van der Waals surface area contributed by atoms with Crippen molar-refractivity contribution < 1.29 is 24.2 Å². The molecule has 2 aromatic rings. The Hall–Kier alpha value is -2.57. The van der Waals surface area contributed by atoms with Crippen LogP contribution < -0.4 is 10.1 Å². The molecule has 0 heterocycles. The Morgan fingerprint density at radius 1 is 1.12 bits per heavy atom. The number of nitrogens with one attached hydrogen (secondary N) is 1. The molecule has 0 aliphatic rings. The number of aliphatic hydroxyl groups excluding tert-OH is 1. The van der Waals surface area contributed by atoms with Crippen LogP contribution >= 0.6 is 11.6 Å². The zero-order chi connectivity index (χ0) is 18.4. The SMILES string of the molecule is COC(=O)C(NC(=O)c1cccc(Cl)c1)C(O)c1ccc(OC)cc1. The highest BCUT2D eigenvalue weighted by molar-refractivity contribution is 6.31. The number of esters is 1. The van der Waals surface area contributed by atoms with Crippen LogP contribution in [0.3, 0.4) is 0 Å². The fraction of sp³-hybridized carbons (Fsp3) is 0.222. The topological polar surface area (TPSA) is 84.9 Å². The maximum Gasteiger partial charge on any atom is 0.331 e. The van der Waals surface area contributed by atoms with E-state index in [1.807, 2.05) is 0 Å². The molecule has 0 aliphatic carbocycles. The second kappa shape index (κ2) is 8.50. The summed E-state index contributed by atoms with van der Waals surface area (Å²) in [6, 6.07) is 11.5. The first kappa shape index (κ1) is 18.8. The zero-order valence-electron chi connectivity index (χ0n) is 13.7. The number of benzene rings is 2. The molecule has 0 fully saturated rings. The van der Waals surface area contributed by atoms with Crippen LogP contribution in [0.4, 0.5) is 0 Å². The first-order chi connectivity index (χ1) is 12.0. The molecule has 132 valence electrons. The Morgan fingerprint density at radius 2 is 1.80 bits per heavy atom. The van der Waals surface area contributed by atoms with Gasteiger partial charge in [-0.3, -0.25) is 4.79 Å². The molecule has 0 bridgehead atoms. The number of carbonyl (C=O) groups is 2. The van der Waals surface area contributed by atoms with Gasteiger partial charge in [-0.15, -0.1) is 0 Å². The van der Waals surface area contributed by atoms with Crippen LogP contribution in [0.15, 0.2) is 48.5 Å². The third kappa shape index (κ3) is 4.71. The lowest BCUT2D eigenvalue weighted by atomic mass is 10.0. The molecule has 2 aromatic carbocycles. The van der Waals surface area contributed by atoms with Crippen LogP contribution in [0.2, 0.25) is 5.02 Å². The normalized spacial score (nSPS) is 12.8. The molecular formula is C18H18ClNO5. The highest BCUT2D eigenvalue weighted by Gasteiger charge is 2.31. The summed E-state index contributed by atoms with van der Waals surface area (Å²) in [6.07, 6.45) is -1.29. The molecule has 6 nitrogen and oxygen atoms in total. The van der Waals surface area contributed by atoms with E-state index in [1.165, 1.54) is 20.3 Å². The summed E-state index contributed by atoms with van der Waals surface area (Å²) in [5.74, 6) is -0.710. The lowest BCUT2D eigenvalue weighted by molar-refractivity contribution is -0.146. The van der Waals surface area contributed by atoms with E-state index < -0.39 is 24.0 Å². The van der Waals surface area contributed by atoms with Crippen molar-refractivity contribution in [1.82, 2.24) is 5.32 Å². The van der Waals surface area contributed by atoms with Gasteiger partial charge in [0.15, 0.2) is 6.04 Å². The van der Waals surface area contributed by atoms with Crippen molar-refractivity contribution in [3.05, 3.63) is 64.7 Å². The van der Waals surface area contributed by atoms with Gasteiger partial charge in [-0.25, -0.2) is 4.79 Å². The summed E-state index contributed by atoms with van der Waals surface area (Å²) >= 11 is 5.87. The molecule has 1 amide bonds. The van der Waals surface area contributed by atoms with Gasteiger partial charge in [0.25, 0.3) is 5.91 Å². The number of ether oxygens (including phenoxy) is 2. The molecule has 0 aromatic heterocycles. The number of carbonyl (C=O) groups excluding carboxylic acids is 2. The van der Waals surface area contributed by atoms with E-state index >= 15 is 0 Å². The summed E-state index contributed by atoms with van der Waals surface area (Å²) in [4.78, 5) is 24.4. The van der Waals surface area contributed by atoms with E-state index in [0.29, 0.717) is 16.3 Å². The summed E-state index contributed by atoms with van der Waals surface area (Å²) in [6.45, 7) is 0. The molecule has 0 saturated carbocycles. The molecule has 0 aliphatic heterocycles. The van der Waals surface area contributed by atoms with Gasteiger partial charge in [-0.2, -0.15) is 0 Å². The van der Waals surface area contributed by atoms with Crippen LogP contribution in [-0.2, 0) is 9.53 Å². The van der Waals surface area contributed by atoms with E-state index in [9.17, 15) is 14.7 Å². The Balaban J connectivity index is 2.22. The lowest BCUT2D eigenvalue weighted by Gasteiger charge is -2.22. The zero-order valence-corrected chi connectivity index (χ0v) is 14.5. The van der Waals surface area contributed by atoms with E-state index in [0.717, 1.165) is 0 Å². The van der Waals surface area contributed by atoms with Gasteiger partial charge in [0.2, 0.25) is 0 Å². The summed E-state index contributed by atoms with van der Waals surface area (Å²) < 4.78 is 9.75. The Bertz CT molecular complexity index is 747. The Labute approximate surface area is 150 Å². The summed E-state index contributed by atoms with van der Waals surface area (Å²) in [5.41, 5.74) is 0.700. The van der Waals surface area contributed by atoms with Gasteiger partial charge in [-0.1, -0.05) is 29.8 Å². The Morgan fingerprint density at radius 3 is 2.36 bits per heavy atom. The van der Waals surface area contributed by atoms with Crippen LogP contribution in [0.1, 0.15) is 22.0 Å². The van der Waals surface area contributed by atoms with E-state index in [2.05, 4.69) is 5.32 Å². The minimum absolute atomic E-state index is 0.267. The number of hydrogen-bond donors (Lipinski definition) is 2. The smallest absolute Gasteiger partial charge is 0.331 e. The highest BCUT2D eigenvalue weighted by Crippen LogP contribution is 2.21. The summed E-state index contributed by atoms with van der Waals surface area (Å²) in [5, 5.41) is 13.4. The molecule has 0 spiro atoms. The fourth-order valence-corrected chi connectivity index (χ4v) is 2.43. The van der Waals surface area contributed by atoms with Gasteiger partial charge < -0.3 is 19.9 Å². The number of amides is 1. The van der Waals surface area contributed by atoms with Crippen molar-refractivity contribution in [2.24, 2.45) is 0 Å². The van der Waals surface area contributed by atoms with Crippen molar-refractivity contribution in [3.8, 4) is 5.75 Å². The number of methoxy groups -OCH3 is 2. The predicted octanol–water partition coefficient (Wildman–Crippen LogP) is 2.35. The van der Waals surface area contributed by atoms with Crippen LogP contribution in [0.25, 0.3) is 0 Å². The fourth-order valence-electron chi connectivity index (χ4n) is 2.24. The number of halogens is 1. The van der Waals surface area contributed by atoms with Gasteiger partial charge in [-0.05, 0) is 35.9 Å². The van der Waals surface area contributed by atoms with E-state index in [1.54, 1.807) is 42.5 Å². The van der Waals surface area contributed by atoms with E-state index in [-0.39, 0.29) is 5.56 Å². The van der Waals surface area contributed by atoms with Gasteiger partial charge >= 0.3 is 5.97 Å². The first-order valence-corrected chi connectivity index (χ1v) is 7.80. The second-order valence-electron chi connectivity index (χ2n) is 5.20. The van der Waals surface area contributed by atoms with Crippen molar-refractivity contribution in [1.29, 1.82) is 0 Å².